The summed E-state index contributed by atoms with van der Waals surface area (Å²) in [6, 6.07) is 7.37. The number of piperazine rings is 1. The molecule has 1 amide bonds. The molecule has 102 valence electrons. The number of rotatable bonds is 2. The molecule has 1 atom stereocenters. The number of ether oxygens (including phenoxy) is 1. The van der Waals surface area contributed by atoms with Gasteiger partial charge in [0.25, 0.3) is 0 Å². The molecule has 1 aliphatic rings. The molecule has 0 unspecified atom stereocenters. The van der Waals surface area contributed by atoms with E-state index in [-0.39, 0.29) is 17.9 Å². The quantitative estimate of drug-likeness (QED) is 0.807. The third-order valence-corrected chi connectivity index (χ3v) is 3.33. The van der Waals surface area contributed by atoms with Crippen LogP contribution in [0.1, 0.15) is 28.9 Å². The first kappa shape index (κ1) is 13.5. The lowest BCUT2D eigenvalue weighted by Crippen LogP contribution is -2.47. The van der Waals surface area contributed by atoms with Gasteiger partial charge >= 0.3 is 5.97 Å². The fourth-order valence-corrected chi connectivity index (χ4v) is 2.26. The Hall–Kier alpha value is -1.88. The molecule has 1 aromatic rings. The minimum Gasteiger partial charge on any atom is -0.465 e. The highest BCUT2D eigenvalue weighted by atomic mass is 16.5. The Labute approximate surface area is 112 Å². The lowest BCUT2D eigenvalue weighted by atomic mass is 10.0. The number of nitrogens with one attached hydrogen (secondary N) is 1. The Balaban J connectivity index is 2.17. The topological polar surface area (TPSA) is 58.6 Å². The van der Waals surface area contributed by atoms with Crippen molar-refractivity contribution < 1.29 is 14.3 Å². The van der Waals surface area contributed by atoms with Gasteiger partial charge in [0.15, 0.2) is 0 Å². The molecule has 1 fully saturated rings. The van der Waals surface area contributed by atoms with Crippen molar-refractivity contribution in [3.05, 3.63) is 35.4 Å². The Bertz CT molecular complexity index is 487. The molecule has 1 aliphatic heterocycles. The van der Waals surface area contributed by atoms with E-state index in [2.05, 4.69) is 5.32 Å². The predicted octanol–water partition coefficient (Wildman–Crippen LogP) is 0.966. The maximum absolute atomic E-state index is 11.5. The van der Waals surface area contributed by atoms with Crippen molar-refractivity contribution in [1.82, 2.24) is 10.2 Å². The van der Waals surface area contributed by atoms with Crippen molar-refractivity contribution in [2.75, 3.05) is 26.7 Å². The molecule has 0 bridgehead atoms. The fourth-order valence-electron chi connectivity index (χ4n) is 2.26. The van der Waals surface area contributed by atoms with Gasteiger partial charge in [-0.15, -0.1) is 0 Å². The number of carbonyl (C=O) groups excluding carboxylic acids is 2. The smallest absolute Gasteiger partial charge is 0.337 e. The number of amides is 1. The Morgan fingerprint density at radius 1 is 1.42 bits per heavy atom. The maximum Gasteiger partial charge on any atom is 0.337 e. The highest BCUT2D eigenvalue weighted by Crippen LogP contribution is 2.19. The molecule has 0 aliphatic carbocycles. The molecule has 5 heteroatoms. The van der Waals surface area contributed by atoms with Crippen LogP contribution < -0.4 is 5.32 Å². The molecular weight excluding hydrogens is 244 g/mol. The van der Waals surface area contributed by atoms with E-state index in [9.17, 15) is 9.59 Å². The van der Waals surface area contributed by atoms with Gasteiger partial charge in [0.05, 0.1) is 12.7 Å². The summed E-state index contributed by atoms with van der Waals surface area (Å²) in [4.78, 5) is 24.7. The molecule has 19 heavy (non-hydrogen) atoms. The van der Waals surface area contributed by atoms with Gasteiger partial charge < -0.3 is 15.0 Å². The predicted molar refractivity (Wildman–Crippen MR) is 70.8 cm³/mol. The van der Waals surface area contributed by atoms with E-state index >= 15 is 0 Å². The molecule has 5 nitrogen and oxygen atoms in total. The monoisotopic (exact) mass is 262 g/mol. The zero-order chi connectivity index (χ0) is 13.8. The normalized spacial score (nSPS) is 19.1. The SMILES string of the molecule is COC(=O)c1cccc([C@H]2CN(C(C)=O)CCN2)c1. The molecule has 0 saturated carbocycles. The van der Waals surface area contributed by atoms with Crippen molar-refractivity contribution >= 4 is 11.9 Å². The van der Waals surface area contributed by atoms with Crippen molar-refractivity contribution in [2.24, 2.45) is 0 Å². The molecule has 0 spiro atoms. The second-order valence-corrected chi connectivity index (χ2v) is 4.59. The summed E-state index contributed by atoms with van der Waals surface area (Å²) in [6.07, 6.45) is 0. The molecule has 1 heterocycles. The highest BCUT2D eigenvalue weighted by molar-refractivity contribution is 5.89. The third kappa shape index (κ3) is 3.12. The second-order valence-electron chi connectivity index (χ2n) is 4.59. The zero-order valence-corrected chi connectivity index (χ0v) is 11.2. The molecule has 1 N–H and O–H groups in total. The van der Waals surface area contributed by atoms with E-state index in [0.29, 0.717) is 12.1 Å². The number of methoxy groups -OCH3 is 1. The second kappa shape index (κ2) is 5.84. The Kier molecular flexibility index (Phi) is 4.16. The molecular formula is C14H18N2O3. The summed E-state index contributed by atoms with van der Waals surface area (Å²) in [7, 11) is 1.37. The van der Waals surface area contributed by atoms with Gasteiger partial charge in [-0.1, -0.05) is 12.1 Å². The van der Waals surface area contributed by atoms with Gasteiger partial charge in [0.2, 0.25) is 5.91 Å². The van der Waals surface area contributed by atoms with E-state index in [1.165, 1.54) is 7.11 Å². The van der Waals surface area contributed by atoms with E-state index in [1.54, 1.807) is 13.0 Å². The van der Waals surface area contributed by atoms with Crippen LogP contribution in [0.3, 0.4) is 0 Å². The molecule has 1 aromatic carbocycles. The van der Waals surface area contributed by atoms with Crippen molar-refractivity contribution in [2.45, 2.75) is 13.0 Å². The number of benzene rings is 1. The minimum atomic E-state index is -0.346. The summed E-state index contributed by atoms with van der Waals surface area (Å²) in [5.74, 6) is -0.267. The lowest BCUT2D eigenvalue weighted by molar-refractivity contribution is -0.130. The van der Waals surface area contributed by atoms with Gasteiger partial charge in [-0.3, -0.25) is 4.79 Å². The average molecular weight is 262 g/mol. The molecule has 0 aromatic heterocycles. The van der Waals surface area contributed by atoms with E-state index < -0.39 is 0 Å². The van der Waals surface area contributed by atoms with E-state index in [0.717, 1.165) is 18.7 Å². The van der Waals surface area contributed by atoms with Crippen LogP contribution in [0.5, 0.6) is 0 Å². The van der Waals surface area contributed by atoms with Gasteiger partial charge in [-0.05, 0) is 17.7 Å². The average Bonchev–Trinajstić information content (AvgIpc) is 2.46. The fraction of sp³-hybridized carbons (Fsp3) is 0.429. The molecule has 1 saturated heterocycles. The largest absolute Gasteiger partial charge is 0.465 e. The molecule has 0 radical (unpaired) electrons. The van der Waals surface area contributed by atoms with E-state index in [4.69, 9.17) is 4.74 Å². The number of esters is 1. The van der Waals surface area contributed by atoms with Crippen LogP contribution >= 0.6 is 0 Å². The maximum atomic E-state index is 11.5. The highest BCUT2D eigenvalue weighted by Gasteiger charge is 2.22. The third-order valence-electron chi connectivity index (χ3n) is 3.33. The molecule has 2 rings (SSSR count). The van der Waals surface area contributed by atoms with Crippen molar-refractivity contribution in [3.8, 4) is 0 Å². The van der Waals surface area contributed by atoms with E-state index in [1.807, 2.05) is 23.1 Å². The van der Waals surface area contributed by atoms with Crippen molar-refractivity contribution in [1.29, 1.82) is 0 Å². The zero-order valence-electron chi connectivity index (χ0n) is 11.2. The lowest BCUT2D eigenvalue weighted by Gasteiger charge is -2.33. The number of nitrogens with zero attached hydrogens (tertiary/aromatic N) is 1. The van der Waals surface area contributed by atoms with Crippen LogP contribution in [-0.4, -0.2) is 43.5 Å². The Morgan fingerprint density at radius 2 is 2.21 bits per heavy atom. The Morgan fingerprint density at radius 3 is 2.89 bits per heavy atom. The van der Waals surface area contributed by atoms with Crippen LogP contribution in [0, 0.1) is 0 Å². The van der Waals surface area contributed by atoms with Gasteiger partial charge in [-0.2, -0.15) is 0 Å². The van der Waals surface area contributed by atoms with Crippen LogP contribution in [0.15, 0.2) is 24.3 Å². The van der Waals surface area contributed by atoms with Gasteiger partial charge in [0, 0.05) is 32.6 Å². The number of hydrogen-bond donors (Lipinski definition) is 1. The van der Waals surface area contributed by atoms with Crippen LogP contribution in [0.2, 0.25) is 0 Å². The summed E-state index contributed by atoms with van der Waals surface area (Å²) < 4.78 is 4.71. The first-order valence-electron chi connectivity index (χ1n) is 6.29. The standard InChI is InChI=1S/C14H18N2O3/c1-10(17)16-7-6-15-13(9-16)11-4-3-5-12(8-11)14(18)19-2/h3-5,8,13,15H,6-7,9H2,1-2H3/t13-/m1/s1. The minimum absolute atomic E-state index is 0.0576. The van der Waals surface area contributed by atoms with Crippen LogP contribution in [0.4, 0.5) is 0 Å². The van der Waals surface area contributed by atoms with Crippen molar-refractivity contribution in [3.63, 3.8) is 0 Å². The van der Waals surface area contributed by atoms with Crippen LogP contribution in [-0.2, 0) is 9.53 Å². The summed E-state index contributed by atoms with van der Waals surface area (Å²) in [5.41, 5.74) is 1.52. The van der Waals surface area contributed by atoms with Gasteiger partial charge in [-0.25, -0.2) is 4.79 Å². The van der Waals surface area contributed by atoms with Gasteiger partial charge in [0.1, 0.15) is 0 Å². The first-order chi connectivity index (χ1) is 9.11. The summed E-state index contributed by atoms with van der Waals surface area (Å²) in [6.45, 7) is 3.68. The first-order valence-corrected chi connectivity index (χ1v) is 6.29. The summed E-state index contributed by atoms with van der Waals surface area (Å²) >= 11 is 0. The summed E-state index contributed by atoms with van der Waals surface area (Å²) in [5, 5.41) is 3.36. The number of hydrogen-bond acceptors (Lipinski definition) is 4. The number of carbonyl (C=O) groups is 2. The van der Waals surface area contributed by atoms with Crippen LogP contribution in [0.25, 0.3) is 0 Å².